The first kappa shape index (κ1) is 48.9. The van der Waals surface area contributed by atoms with Crippen LogP contribution in [-0.4, -0.2) is 24.0 Å². The molecule has 4 aromatic carbocycles. The fourth-order valence-corrected chi connectivity index (χ4v) is 6.68. The number of ether oxygens (including phenoxy) is 3. The molecule has 5 aliphatic heterocycles. The molecule has 6 heterocycles. The summed E-state index contributed by atoms with van der Waals surface area (Å²) >= 11 is 1.97. The highest BCUT2D eigenvalue weighted by atomic mass is 32.2. The van der Waals surface area contributed by atoms with Crippen molar-refractivity contribution in [3.05, 3.63) is 154 Å². The summed E-state index contributed by atoms with van der Waals surface area (Å²) in [5, 5.41) is 3.29. The molecule has 300 valence electrons. The largest absolute Gasteiger partial charge is 0.493 e. The number of hydrogen-bond acceptors (Lipinski definition) is 6. The summed E-state index contributed by atoms with van der Waals surface area (Å²) < 4.78 is 15.7. The normalized spacial score (nSPS) is 13.0. The number of fused-ring (bicyclic) bond motifs is 5. The Morgan fingerprint density at radius 3 is 1.45 bits per heavy atom. The van der Waals surface area contributed by atoms with Gasteiger partial charge >= 0.3 is 0 Å². The third-order valence-electron chi connectivity index (χ3n) is 8.08. The molecule has 0 radical (unpaired) electrons. The number of rotatable bonds is 0. The van der Waals surface area contributed by atoms with E-state index in [2.05, 4.69) is 77.0 Å². The van der Waals surface area contributed by atoms with E-state index in [0.29, 0.717) is 0 Å². The first-order valence-corrected chi connectivity index (χ1v) is 21.7. The summed E-state index contributed by atoms with van der Waals surface area (Å²) in [6, 6.07) is 35.7. The van der Waals surface area contributed by atoms with Crippen molar-refractivity contribution in [1.29, 1.82) is 0 Å². The average Bonchev–Trinajstić information content (AvgIpc) is 4.15. The zero-order chi connectivity index (χ0) is 40.5. The third-order valence-corrected chi connectivity index (χ3v) is 9.20. The lowest BCUT2D eigenvalue weighted by atomic mass is 10.1. The number of thioether (sulfide) groups is 1. The average molecular weight is 767 g/mol. The van der Waals surface area contributed by atoms with Crippen LogP contribution in [0.15, 0.2) is 120 Å². The van der Waals surface area contributed by atoms with E-state index in [4.69, 9.17) is 14.2 Å². The standard InChI is InChI=1S/C8H9N.2C8H8O.C8H8S.C7H7NO.5C2H6/c2*1-2-4-8-6-9-5-7(8)3-1;2*1-2-4-8-7(3-1)5-6-9-8;1-3-8-5-7-6(1)2-4-9-7;5*1-2/h1-4,9H,5-6H2;3*1-4H,5-6H2;1,3,5H,2,4H2;5*1-2H3. The molecular formula is C49H70N2O3S. The molecule has 5 aliphatic rings. The second-order valence-electron chi connectivity index (χ2n) is 11.1. The minimum absolute atomic E-state index is 0.802. The Morgan fingerprint density at radius 1 is 0.473 bits per heavy atom. The fraction of sp³-hybridized carbons (Fsp3) is 0.408. The monoisotopic (exact) mass is 767 g/mol. The molecule has 0 saturated carbocycles. The van der Waals surface area contributed by atoms with Crippen LogP contribution in [0.4, 0.5) is 0 Å². The van der Waals surface area contributed by atoms with Gasteiger partial charge < -0.3 is 19.5 Å². The molecule has 0 saturated heterocycles. The van der Waals surface area contributed by atoms with Gasteiger partial charge in [-0.25, -0.2) is 0 Å². The van der Waals surface area contributed by atoms with Crippen LogP contribution in [0.1, 0.15) is 108 Å². The van der Waals surface area contributed by atoms with Crippen molar-refractivity contribution in [2.24, 2.45) is 0 Å². The highest BCUT2D eigenvalue weighted by molar-refractivity contribution is 7.99. The van der Waals surface area contributed by atoms with E-state index in [-0.39, 0.29) is 0 Å². The Hall–Kier alpha value is -4.10. The quantitative estimate of drug-likeness (QED) is 0.169. The Balaban J connectivity index is 0.000000325. The third kappa shape index (κ3) is 17.5. The number of nitrogens with one attached hydrogen (secondary N) is 1. The van der Waals surface area contributed by atoms with E-state index in [1.165, 1.54) is 56.0 Å². The number of hydrogen-bond donors (Lipinski definition) is 1. The van der Waals surface area contributed by atoms with E-state index in [1.807, 2.05) is 117 Å². The highest BCUT2D eigenvalue weighted by Gasteiger charge is 2.11. The lowest BCUT2D eigenvalue weighted by Gasteiger charge is -1.93. The van der Waals surface area contributed by atoms with Crippen LogP contribution in [-0.2, 0) is 50.3 Å². The van der Waals surface area contributed by atoms with Crippen LogP contribution in [0.5, 0.6) is 11.5 Å². The topological polar surface area (TPSA) is 52.6 Å². The van der Waals surface area contributed by atoms with Gasteiger partial charge in [0.15, 0.2) is 0 Å². The van der Waals surface area contributed by atoms with Gasteiger partial charge in [-0.2, -0.15) is 0 Å². The van der Waals surface area contributed by atoms with Gasteiger partial charge in [0.25, 0.3) is 0 Å². The Kier molecular flexibility index (Phi) is 28.6. The van der Waals surface area contributed by atoms with Crippen molar-refractivity contribution in [3.63, 3.8) is 0 Å². The molecule has 0 atom stereocenters. The number of benzene rings is 4. The van der Waals surface area contributed by atoms with Crippen LogP contribution < -0.4 is 14.8 Å². The second-order valence-corrected chi connectivity index (χ2v) is 12.3. The van der Waals surface area contributed by atoms with Crippen LogP contribution in [0, 0.1) is 0 Å². The molecule has 0 fully saturated rings. The first-order chi connectivity index (χ1) is 27.3. The van der Waals surface area contributed by atoms with Gasteiger partial charge in [-0.15, -0.1) is 11.8 Å². The first-order valence-electron chi connectivity index (χ1n) is 20.7. The molecule has 5 nitrogen and oxygen atoms in total. The molecule has 1 aromatic heterocycles. The zero-order valence-corrected chi connectivity index (χ0v) is 36.4. The summed E-state index contributed by atoms with van der Waals surface area (Å²) in [5.74, 6) is 3.30. The van der Waals surface area contributed by atoms with Gasteiger partial charge in [-0.05, 0) is 58.0 Å². The number of para-hydroxylation sites is 1. The summed E-state index contributed by atoms with van der Waals surface area (Å²) in [5.41, 5.74) is 9.76. The summed E-state index contributed by atoms with van der Waals surface area (Å²) in [6.45, 7) is 25.4. The van der Waals surface area contributed by atoms with Crippen molar-refractivity contribution >= 4 is 11.8 Å². The molecule has 55 heavy (non-hydrogen) atoms. The summed E-state index contributed by atoms with van der Waals surface area (Å²) in [6.07, 6.45) is 6.95. The fourth-order valence-electron chi connectivity index (χ4n) is 5.60. The van der Waals surface area contributed by atoms with E-state index >= 15 is 0 Å². The number of aromatic nitrogens is 1. The maximum absolute atomic E-state index is 5.30. The molecule has 0 unspecified atom stereocenters. The van der Waals surface area contributed by atoms with E-state index in [0.717, 1.165) is 63.9 Å². The van der Waals surface area contributed by atoms with Crippen molar-refractivity contribution in [2.45, 2.75) is 120 Å². The van der Waals surface area contributed by atoms with Gasteiger partial charge in [0.2, 0.25) is 0 Å². The van der Waals surface area contributed by atoms with Crippen LogP contribution in [0.25, 0.3) is 0 Å². The summed E-state index contributed by atoms with van der Waals surface area (Å²) in [7, 11) is 0. The zero-order valence-electron chi connectivity index (χ0n) is 35.6. The maximum atomic E-state index is 5.30. The molecule has 0 amide bonds. The SMILES string of the molecule is CC.CC.CC.CC.CC.c1cc2c(cn1)OCC2.c1ccc2c(c1)CCO2.c1ccc2c(c1)CCS2.c1ccc2c(c1)CNC2.c1ccc2c(c1)COC2. The van der Waals surface area contributed by atoms with Gasteiger partial charge in [-0.3, -0.25) is 4.98 Å². The predicted octanol–water partition coefficient (Wildman–Crippen LogP) is 13.1. The molecule has 10 rings (SSSR count). The second kappa shape index (κ2) is 32.2. The smallest absolute Gasteiger partial charge is 0.140 e. The van der Waals surface area contributed by atoms with Crippen molar-refractivity contribution in [2.75, 3.05) is 19.0 Å². The maximum Gasteiger partial charge on any atom is 0.140 e. The van der Waals surface area contributed by atoms with Gasteiger partial charge in [0, 0.05) is 48.3 Å². The summed E-state index contributed by atoms with van der Waals surface area (Å²) in [4.78, 5) is 5.42. The molecular weight excluding hydrogens is 697 g/mol. The molecule has 0 bridgehead atoms. The van der Waals surface area contributed by atoms with E-state index < -0.39 is 0 Å². The Bertz CT molecular complexity index is 1270. The van der Waals surface area contributed by atoms with Gasteiger partial charge in [0.1, 0.15) is 11.5 Å². The van der Waals surface area contributed by atoms with Crippen LogP contribution in [0.3, 0.4) is 0 Å². The predicted molar refractivity (Wildman–Crippen MR) is 239 cm³/mol. The molecule has 6 heteroatoms. The Morgan fingerprint density at radius 2 is 0.927 bits per heavy atom. The highest BCUT2D eigenvalue weighted by Crippen LogP contribution is 2.30. The molecule has 0 spiro atoms. The van der Waals surface area contributed by atoms with Crippen LogP contribution in [0.2, 0.25) is 0 Å². The van der Waals surface area contributed by atoms with Crippen LogP contribution >= 0.6 is 11.8 Å². The van der Waals surface area contributed by atoms with Gasteiger partial charge in [-0.1, -0.05) is 154 Å². The number of aryl methyl sites for hydroxylation is 1. The lowest BCUT2D eigenvalue weighted by Crippen LogP contribution is -1.99. The molecule has 5 aromatic rings. The minimum Gasteiger partial charge on any atom is -0.493 e. The Labute approximate surface area is 339 Å². The van der Waals surface area contributed by atoms with Crippen molar-refractivity contribution < 1.29 is 14.2 Å². The van der Waals surface area contributed by atoms with Gasteiger partial charge in [0.05, 0.1) is 32.6 Å². The van der Waals surface area contributed by atoms with Crippen molar-refractivity contribution in [1.82, 2.24) is 10.3 Å². The lowest BCUT2D eigenvalue weighted by molar-refractivity contribution is 0.134. The van der Waals surface area contributed by atoms with E-state index in [1.54, 1.807) is 12.4 Å². The van der Waals surface area contributed by atoms with E-state index in [9.17, 15) is 0 Å². The molecule has 1 N–H and O–H groups in total. The molecule has 0 aliphatic carbocycles. The minimum atomic E-state index is 0.802. The number of pyridine rings is 1. The number of nitrogens with zero attached hydrogens (tertiary/aromatic N) is 1. The van der Waals surface area contributed by atoms with Crippen molar-refractivity contribution in [3.8, 4) is 11.5 Å².